The summed E-state index contributed by atoms with van der Waals surface area (Å²) >= 11 is 1.87. The Bertz CT molecular complexity index is 278. The summed E-state index contributed by atoms with van der Waals surface area (Å²) in [6, 6.07) is 0. The molecule has 0 N–H and O–H groups in total. The Hall–Kier alpha value is -0.510. The van der Waals surface area contributed by atoms with Crippen molar-refractivity contribution < 1.29 is 0 Å². The molecular weight excluding hydrogens is 170 g/mol. The Labute approximate surface area is 76.6 Å². The van der Waals surface area contributed by atoms with Crippen LogP contribution in [0.3, 0.4) is 0 Å². The molecule has 0 amide bonds. The lowest BCUT2D eigenvalue weighted by molar-refractivity contribution is 0.519. The SMILES string of the molecule is Cc1nnc(SC2CCC2)n1C. The van der Waals surface area contributed by atoms with E-state index in [1.807, 2.05) is 25.7 Å². The van der Waals surface area contributed by atoms with Gasteiger partial charge in [0.05, 0.1) is 0 Å². The van der Waals surface area contributed by atoms with Gasteiger partial charge in [0.15, 0.2) is 5.16 Å². The molecular formula is C8H13N3S. The minimum atomic E-state index is 0.798. The molecule has 0 bridgehead atoms. The molecule has 2 rings (SSSR count). The van der Waals surface area contributed by atoms with Gasteiger partial charge >= 0.3 is 0 Å². The van der Waals surface area contributed by atoms with Crippen LogP contribution in [0.2, 0.25) is 0 Å². The van der Waals surface area contributed by atoms with Crippen molar-refractivity contribution in [3.63, 3.8) is 0 Å². The van der Waals surface area contributed by atoms with Gasteiger partial charge in [-0.15, -0.1) is 10.2 Å². The lowest BCUT2D eigenvalue weighted by Gasteiger charge is -2.23. The molecule has 0 spiro atoms. The van der Waals surface area contributed by atoms with Crippen molar-refractivity contribution in [3.8, 4) is 0 Å². The van der Waals surface area contributed by atoms with Gasteiger partial charge in [0.1, 0.15) is 5.82 Å². The predicted molar refractivity (Wildman–Crippen MR) is 49.2 cm³/mol. The molecule has 0 unspecified atom stereocenters. The van der Waals surface area contributed by atoms with Gasteiger partial charge in [0, 0.05) is 12.3 Å². The molecule has 0 atom stereocenters. The standard InChI is InChI=1S/C8H13N3S/c1-6-9-10-8(11(6)2)12-7-4-3-5-7/h7H,3-5H2,1-2H3. The Balaban J connectivity index is 2.06. The van der Waals surface area contributed by atoms with Crippen molar-refractivity contribution in [1.29, 1.82) is 0 Å². The molecule has 66 valence electrons. The van der Waals surface area contributed by atoms with Crippen LogP contribution in [0.1, 0.15) is 25.1 Å². The van der Waals surface area contributed by atoms with Crippen LogP contribution >= 0.6 is 11.8 Å². The Kier molecular flexibility index (Phi) is 2.09. The third-order valence-electron chi connectivity index (χ3n) is 2.38. The minimum Gasteiger partial charge on any atom is -0.309 e. The highest BCUT2D eigenvalue weighted by Gasteiger charge is 2.20. The van der Waals surface area contributed by atoms with E-state index in [2.05, 4.69) is 14.8 Å². The summed E-state index contributed by atoms with van der Waals surface area (Å²) < 4.78 is 2.06. The van der Waals surface area contributed by atoms with E-state index in [4.69, 9.17) is 0 Å². The van der Waals surface area contributed by atoms with Crippen molar-refractivity contribution >= 4 is 11.8 Å². The van der Waals surface area contributed by atoms with Gasteiger partial charge < -0.3 is 4.57 Å². The summed E-state index contributed by atoms with van der Waals surface area (Å²) in [7, 11) is 2.02. The van der Waals surface area contributed by atoms with E-state index in [9.17, 15) is 0 Å². The number of thioether (sulfide) groups is 1. The molecule has 4 heteroatoms. The molecule has 0 radical (unpaired) electrons. The second-order valence-corrected chi connectivity index (χ2v) is 4.53. The average Bonchev–Trinajstić information content (AvgIpc) is 2.27. The molecule has 3 nitrogen and oxygen atoms in total. The first kappa shape index (κ1) is 8.10. The first-order valence-electron chi connectivity index (χ1n) is 4.30. The predicted octanol–water partition coefficient (Wildman–Crippen LogP) is 1.77. The van der Waals surface area contributed by atoms with Gasteiger partial charge in [0.25, 0.3) is 0 Å². The third-order valence-corrected chi connectivity index (χ3v) is 3.75. The topological polar surface area (TPSA) is 30.7 Å². The molecule has 1 aliphatic rings. The lowest BCUT2D eigenvalue weighted by Crippen LogP contribution is -2.13. The molecule has 0 aliphatic heterocycles. The van der Waals surface area contributed by atoms with Gasteiger partial charge in [-0.05, 0) is 19.8 Å². The molecule has 1 aromatic rings. The second kappa shape index (κ2) is 3.09. The molecule has 1 saturated carbocycles. The lowest BCUT2D eigenvalue weighted by atomic mass is 10.0. The second-order valence-electron chi connectivity index (χ2n) is 3.26. The molecule has 1 aliphatic carbocycles. The van der Waals surface area contributed by atoms with Gasteiger partial charge in [-0.25, -0.2) is 0 Å². The van der Waals surface area contributed by atoms with Crippen LogP contribution in [0.15, 0.2) is 5.16 Å². The molecule has 1 fully saturated rings. The van der Waals surface area contributed by atoms with Crippen molar-refractivity contribution in [2.24, 2.45) is 7.05 Å². The van der Waals surface area contributed by atoms with Crippen LogP contribution in [-0.4, -0.2) is 20.0 Å². The fourth-order valence-electron chi connectivity index (χ4n) is 1.13. The Morgan fingerprint density at radius 3 is 2.58 bits per heavy atom. The van der Waals surface area contributed by atoms with Crippen LogP contribution in [0, 0.1) is 6.92 Å². The minimum absolute atomic E-state index is 0.798. The normalized spacial score (nSPS) is 17.8. The maximum Gasteiger partial charge on any atom is 0.191 e. The Morgan fingerprint density at radius 1 is 1.42 bits per heavy atom. The highest BCUT2D eigenvalue weighted by Crippen LogP contribution is 2.35. The van der Waals surface area contributed by atoms with Crippen molar-refractivity contribution in [2.45, 2.75) is 36.6 Å². The summed E-state index contributed by atoms with van der Waals surface area (Å²) in [6.45, 7) is 1.98. The molecule has 1 aromatic heterocycles. The summed E-state index contributed by atoms with van der Waals surface area (Å²) in [4.78, 5) is 0. The maximum absolute atomic E-state index is 4.11. The number of nitrogens with zero attached hydrogens (tertiary/aromatic N) is 3. The number of hydrogen-bond donors (Lipinski definition) is 0. The number of aryl methyl sites for hydroxylation is 1. The van der Waals surface area contributed by atoms with E-state index in [-0.39, 0.29) is 0 Å². The third kappa shape index (κ3) is 1.35. The highest BCUT2D eigenvalue weighted by atomic mass is 32.2. The zero-order valence-electron chi connectivity index (χ0n) is 7.45. The number of hydrogen-bond acceptors (Lipinski definition) is 3. The molecule has 12 heavy (non-hydrogen) atoms. The monoisotopic (exact) mass is 183 g/mol. The van der Waals surface area contributed by atoms with Crippen LogP contribution < -0.4 is 0 Å². The van der Waals surface area contributed by atoms with E-state index in [1.54, 1.807) is 0 Å². The zero-order valence-corrected chi connectivity index (χ0v) is 8.27. The fourth-order valence-corrected chi connectivity index (χ4v) is 2.37. The molecule has 0 saturated heterocycles. The summed E-state index contributed by atoms with van der Waals surface area (Å²) in [5.74, 6) is 0.997. The van der Waals surface area contributed by atoms with E-state index in [1.165, 1.54) is 19.3 Å². The van der Waals surface area contributed by atoms with Crippen molar-refractivity contribution in [1.82, 2.24) is 14.8 Å². The first-order valence-corrected chi connectivity index (χ1v) is 5.18. The van der Waals surface area contributed by atoms with E-state index >= 15 is 0 Å². The zero-order chi connectivity index (χ0) is 8.55. The summed E-state index contributed by atoms with van der Waals surface area (Å²) in [6.07, 6.45) is 4.07. The molecule has 0 aromatic carbocycles. The van der Waals surface area contributed by atoms with Gasteiger partial charge in [-0.2, -0.15) is 0 Å². The van der Waals surface area contributed by atoms with Crippen molar-refractivity contribution in [2.75, 3.05) is 0 Å². The Morgan fingerprint density at radius 2 is 2.17 bits per heavy atom. The quantitative estimate of drug-likeness (QED) is 0.700. The summed E-state index contributed by atoms with van der Waals surface area (Å²) in [5, 5.41) is 10.00. The highest BCUT2D eigenvalue weighted by molar-refractivity contribution is 7.99. The van der Waals surface area contributed by atoms with E-state index in [0.29, 0.717) is 0 Å². The number of aromatic nitrogens is 3. The van der Waals surface area contributed by atoms with Crippen LogP contribution in [0.5, 0.6) is 0 Å². The molecule has 1 heterocycles. The summed E-state index contributed by atoms with van der Waals surface area (Å²) in [5.41, 5.74) is 0. The van der Waals surface area contributed by atoms with Gasteiger partial charge in [0.2, 0.25) is 0 Å². The van der Waals surface area contributed by atoms with E-state index in [0.717, 1.165) is 16.2 Å². The van der Waals surface area contributed by atoms with Crippen LogP contribution in [0.4, 0.5) is 0 Å². The van der Waals surface area contributed by atoms with Gasteiger partial charge in [-0.3, -0.25) is 0 Å². The maximum atomic E-state index is 4.11. The van der Waals surface area contributed by atoms with Gasteiger partial charge in [-0.1, -0.05) is 18.2 Å². The largest absolute Gasteiger partial charge is 0.309 e. The van der Waals surface area contributed by atoms with Crippen molar-refractivity contribution in [3.05, 3.63) is 5.82 Å². The number of rotatable bonds is 2. The fraction of sp³-hybridized carbons (Fsp3) is 0.750. The smallest absolute Gasteiger partial charge is 0.191 e. The van der Waals surface area contributed by atoms with E-state index < -0.39 is 0 Å². The average molecular weight is 183 g/mol. The van der Waals surface area contributed by atoms with Crippen LogP contribution in [0.25, 0.3) is 0 Å². The van der Waals surface area contributed by atoms with Crippen LogP contribution in [-0.2, 0) is 7.05 Å². The first-order chi connectivity index (χ1) is 5.77.